The van der Waals surface area contributed by atoms with Crippen LogP contribution in [0, 0.1) is 5.41 Å². The zero-order valence-electron chi connectivity index (χ0n) is 24.7. The van der Waals surface area contributed by atoms with E-state index in [1.807, 2.05) is 41.3 Å². The minimum absolute atomic E-state index is 0.0900. The number of anilines is 1. The van der Waals surface area contributed by atoms with Gasteiger partial charge in [-0.05, 0) is 23.6 Å². The van der Waals surface area contributed by atoms with Gasteiger partial charge >= 0.3 is 6.03 Å². The Morgan fingerprint density at radius 3 is 2.30 bits per heavy atom. The summed E-state index contributed by atoms with van der Waals surface area (Å²) in [5.74, 6) is 2.15. The normalized spacial score (nSPS) is 14.2. The van der Waals surface area contributed by atoms with Crippen molar-refractivity contribution >= 4 is 23.7 Å². The van der Waals surface area contributed by atoms with Gasteiger partial charge in [0.2, 0.25) is 5.91 Å². The Hall–Kier alpha value is -3.72. The van der Waals surface area contributed by atoms with Gasteiger partial charge in [0.05, 0.1) is 27.0 Å². The Balaban J connectivity index is 1.54. The number of carbonyl (C=O) groups is 2. The van der Waals surface area contributed by atoms with Crippen molar-refractivity contribution in [1.29, 1.82) is 0 Å². The molecule has 2 aromatic carbocycles. The summed E-state index contributed by atoms with van der Waals surface area (Å²) in [5.41, 5.74) is 1.49. The Kier molecular flexibility index (Phi) is 11.3. The number of ether oxygens (including phenoxy) is 3. The lowest BCUT2D eigenvalue weighted by Crippen LogP contribution is -2.51. The maximum absolute atomic E-state index is 13.2. The van der Waals surface area contributed by atoms with Gasteiger partial charge in [0.15, 0.2) is 0 Å². The molecule has 9 nitrogen and oxygen atoms in total. The number of nitrogens with one attached hydrogen (secondary N) is 1. The van der Waals surface area contributed by atoms with Gasteiger partial charge in [0, 0.05) is 63.9 Å². The molecule has 0 spiro atoms. The maximum atomic E-state index is 13.2. The smallest absolute Gasteiger partial charge is 0.322 e. The minimum atomic E-state index is -0.161. The van der Waals surface area contributed by atoms with Crippen LogP contribution in [0.25, 0.3) is 6.08 Å². The van der Waals surface area contributed by atoms with Gasteiger partial charge in [-0.2, -0.15) is 0 Å². The molecule has 0 saturated carbocycles. The van der Waals surface area contributed by atoms with Crippen LogP contribution >= 0.6 is 0 Å². The number of nitrogens with zero attached hydrogens (tertiary/aromatic N) is 3. The average molecular weight is 553 g/mol. The first-order chi connectivity index (χ1) is 19.1. The van der Waals surface area contributed by atoms with E-state index in [1.54, 1.807) is 44.4 Å². The molecule has 3 amide bonds. The second-order valence-electron chi connectivity index (χ2n) is 11.0. The number of amides is 3. The Labute approximate surface area is 238 Å². The number of rotatable bonds is 11. The van der Waals surface area contributed by atoms with Crippen LogP contribution in [0.2, 0.25) is 0 Å². The fourth-order valence-electron chi connectivity index (χ4n) is 4.53. The summed E-state index contributed by atoms with van der Waals surface area (Å²) >= 11 is 0. The van der Waals surface area contributed by atoms with Crippen LogP contribution in [0.1, 0.15) is 32.8 Å². The second-order valence-corrected chi connectivity index (χ2v) is 11.0. The molecule has 1 fully saturated rings. The largest absolute Gasteiger partial charge is 0.497 e. The number of hydrogen-bond acceptors (Lipinski definition) is 6. The summed E-state index contributed by atoms with van der Waals surface area (Å²) in [7, 11) is 4.81. The number of benzene rings is 2. The van der Waals surface area contributed by atoms with Gasteiger partial charge in [-0.3, -0.25) is 9.69 Å². The molecule has 9 heteroatoms. The predicted molar refractivity (Wildman–Crippen MR) is 159 cm³/mol. The van der Waals surface area contributed by atoms with E-state index >= 15 is 0 Å². The third-order valence-electron chi connectivity index (χ3n) is 6.79. The van der Waals surface area contributed by atoms with Crippen LogP contribution in [0.3, 0.4) is 0 Å². The zero-order valence-corrected chi connectivity index (χ0v) is 24.7. The predicted octanol–water partition coefficient (Wildman–Crippen LogP) is 4.84. The SMILES string of the molecule is COc1ccc(NC(=O)N2CCN(CCN(C/C=C/c3ccccc3OC)C(=O)CC(C)(C)C)CC2)c(OC)c1. The molecule has 1 aliphatic rings. The highest BCUT2D eigenvalue weighted by Gasteiger charge is 2.24. The third kappa shape index (κ3) is 9.19. The lowest BCUT2D eigenvalue weighted by molar-refractivity contribution is -0.132. The van der Waals surface area contributed by atoms with Crippen LogP contribution in [0.15, 0.2) is 48.5 Å². The van der Waals surface area contributed by atoms with Gasteiger partial charge < -0.3 is 29.3 Å². The molecule has 0 unspecified atom stereocenters. The molecule has 0 aromatic heterocycles. The summed E-state index contributed by atoms with van der Waals surface area (Å²) in [6.07, 6.45) is 4.51. The molecular weight excluding hydrogens is 508 g/mol. The monoisotopic (exact) mass is 552 g/mol. The molecule has 0 radical (unpaired) electrons. The molecule has 1 heterocycles. The first-order valence-electron chi connectivity index (χ1n) is 13.7. The van der Waals surface area contributed by atoms with Gasteiger partial charge in [-0.25, -0.2) is 4.79 Å². The van der Waals surface area contributed by atoms with E-state index in [2.05, 4.69) is 31.0 Å². The van der Waals surface area contributed by atoms with Gasteiger partial charge in [0.25, 0.3) is 0 Å². The number of hydrogen-bond donors (Lipinski definition) is 1. The van der Waals surface area contributed by atoms with E-state index in [4.69, 9.17) is 14.2 Å². The van der Waals surface area contributed by atoms with Crippen molar-refractivity contribution < 1.29 is 23.8 Å². The van der Waals surface area contributed by atoms with E-state index in [0.29, 0.717) is 49.8 Å². The molecule has 0 bridgehead atoms. The first-order valence-corrected chi connectivity index (χ1v) is 13.7. The third-order valence-corrected chi connectivity index (χ3v) is 6.79. The second kappa shape index (κ2) is 14.6. The number of piperazine rings is 1. The highest BCUT2D eigenvalue weighted by Crippen LogP contribution is 2.29. The standard InChI is InChI=1S/C31H44N4O5/c1-31(2,3)23-29(36)34(15-9-11-24-10-7-8-12-27(24)39-5)19-16-33-17-20-35(21-18-33)30(37)32-26-14-13-25(38-4)22-28(26)40-6/h7-14,22H,15-21,23H2,1-6H3,(H,32,37)/b11-9+. The number of methoxy groups -OCH3 is 3. The van der Waals surface area contributed by atoms with E-state index in [0.717, 1.165) is 30.9 Å². The molecule has 1 N–H and O–H groups in total. The first kappa shape index (κ1) is 30.8. The van der Waals surface area contributed by atoms with Crippen molar-refractivity contribution in [3.63, 3.8) is 0 Å². The highest BCUT2D eigenvalue weighted by atomic mass is 16.5. The molecule has 0 aliphatic carbocycles. The summed E-state index contributed by atoms with van der Waals surface area (Å²) in [6.45, 7) is 10.8. The molecule has 0 atom stereocenters. The lowest BCUT2D eigenvalue weighted by Gasteiger charge is -2.36. The van der Waals surface area contributed by atoms with Crippen molar-refractivity contribution in [3.8, 4) is 17.2 Å². The highest BCUT2D eigenvalue weighted by molar-refractivity contribution is 5.91. The quantitative estimate of drug-likeness (QED) is 0.430. The molecule has 3 rings (SSSR count). The fourth-order valence-corrected chi connectivity index (χ4v) is 4.53. The van der Waals surface area contributed by atoms with Crippen LogP contribution in [0.4, 0.5) is 10.5 Å². The minimum Gasteiger partial charge on any atom is -0.497 e. The van der Waals surface area contributed by atoms with Crippen molar-refractivity contribution in [2.45, 2.75) is 27.2 Å². The summed E-state index contributed by atoms with van der Waals surface area (Å²) < 4.78 is 16.1. The van der Waals surface area contributed by atoms with Gasteiger partial charge in [-0.15, -0.1) is 0 Å². The molecule has 40 heavy (non-hydrogen) atoms. The van der Waals surface area contributed by atoms with Crippen LogP contribution in [-0.2, 0) is 4.79 Å². The van der Waals surface area contributed by atoms with Crippen LogP contribution in [0.5, 0.6) is 17.2 Å². The molecule has 2 aromatic rings. The van der Waals surface area contributed by atoms with Crippen molar-refractivity contribution in [2.75, 3.05) is 72.5 Å². The fraction of sp³-hybridized carbons (Fsp3) is 0.484. The topological polar surface area (TPSA) is 83.6 Å². The van der Waals surface area contributed by atoms with E-state index in [1.165, 1.54) is 0 Å². The van der Waals surface area contributed by atoms with Crippen molar-refractivity contribution in [1.82, 2.24) is 14.7 Å². The van der Waals surface area contributed by atoms with Crippen LogP contribution < -0.4 is 19.5 Å². The molecule has 1 saturated heterocycles. The number of carbonyl (C=O) groups excluding carboxylic acids is 2. The van der Waals surface area contributed by atoms with Crippen molar-refractivity contribution in [3.05, 3.63) is 54.1 Å². The molecular formula is C31H44N4O5. The summed E-state index contributed by atoms with van der Waals surface area (Å²) in [5, 5.41) is 2.95. The Morgan fingerprint density at radius 1 is 0.950 bits per heavy atom. The van der Waals surface area contributed by atoms with E-state index < -0.39 is 0 Å². The summed E-state index contributed by atoms with van der Waals surface area (Å²) in [4.78, 5) is 32.1. The molecule has 1 aliphatic heterocycles. The van der Waals surface area contributed by atoms with Gasteiger partial charge in [0.1, 0.15) is 17.2 Å². The van der Waals surface area contributed by atoms with Crippen molar-refractivity contribution in [2.24, 2.45) is 5.41 Å². The zero-order chi connectivity index (χ0) is 29.1. The van der Waals surface area contributed by atoms with E-state index in [-0.39, 0.29) is 17.4 Å². The van der Waals surface area contributed by atoms with E-state index in [9.17, 15) is 9.59 Å². The number of urea groups is 1. The Morgan fingerprint density at radius 2 is 1.65 bits per heavy atom. The average Bonchev–Trinajstić information content (AvgIpc) is 2.94. The number of para-hydroxylation sites is 1. The summed E-state index contributed by atoms with van der Waals surface area (Å²) in [6, 6.07) is 13.0. The van der Waals surface area contributed by atoms with Crippen LogP contribution in [-0.4, -0.2) is 93.8 Å². The van der Waals surface area contributed by atoms with Gasteiger partial charge in [-0.1, -0.05) is 51.1 Å². The molecule has 218 valence electrons. The lowest BCUT2D eigenvalue weighted by atomic mass is 9.91. The maximum Gasteiger partial charge on any atom is 0.322 e. The Bertz CT molecular complexity index is 1150.